The zero-order valence-corrected chi connectivity index (χ0v) is 28.4. The molecule has 0 unspecified atom stereocenters. The lowest BCUT2D eigenvalue weighted by atomic mass is 9.95. The Morgan fingerprint density at radius 2 is 1.85 bits per heavy atom. The van der Waals surface area contributed by atoms with Gasteiger partial charge in [-0.05, 0) is 103 Å². The minimum absolute atomic E-state index is 0.0714. The Balaban J connectivity index is 1.53. The molecule has 9 nitrogen and oxygen atoms in total. The molecule has 0 spiro atoms. The summed E-state index contributed by atoms with van der Waals surface area (Å²) >= 11 is 4.83. The highest BCUT2D eigenvalue weighted by Gasteiger charge is 2.34. The van der Waals surface area contributed by atoms with Gasteiger partial charge in [-0.3, -0.25) is 9.36 Å². The Labute approximate surface area is 278 Å². The first-order valence-electron chi connectivity index (χ1n) is 14.6. The molecular weight excluding hydrogens is 670 g/mol. The van der Waals surface area contributed by atoms with Crippen LogP contribution in [0.3, 0.4) is 0 Å². The minimum Gasteiger partial charge on any atom is -0.493 e. The summed E-state index contributed by atoms with van der Waals surface area (Å²) in [5.74, 6) is 1.14. The fourth-order valence-corrected chi connectivity index (χ4v) is 6.58. The van der Waals surface area contributed by atoms with E-state index in [4.69, 9.17) is 24.2 Å². The molecule has 0 saturated heterocycles. The van der Waals surface area contributed by atoms with Crippen LogP contribution in [0, 0.1) is 11.3 Å². The van der Waals surface area contributed by atoms with Crippen molar-refractivity contribution in [1.29, 1.82) is 5.26 Å². The standard InChI is InChI=1S/C35H32BrN3O6S/c1-6-43-34(41)31-21(4)38-35-39(32(31)25-12-14-28(45-20(2)3)29(17-25)42-5)33(40)30(46-35)16-24-11-13-27(26(36)15-24)44-19-23-9-7-22(18-37)8-10-23/h7-17,20,32H,6,19H2,1-5H3/b30-16+/t32-/m0/s1. The van der Waals surface area contributed by atoms with E-state index in [2.05, 4.69) is 27.0 Å². The molecule has 0 fully saturated rings. The Morgan fingerprint density at radius 1 is 1.11 bits per heavy atom. The third kappa shape index (κ3) is 6.93. The van der Waals surface area contributed by atoms with Crippen LogP contribution >= 0.6 is 27.3 Å². The van der Waals surface area contributed by atoms with Crippen LogP contribution in [-0.2, 0) is 16.1 Å². The van der Waals surface area contributed by atoms with Crippen molar-refractivity contribution < 1.29 is 23.7 Å². The maximum atomic E-state index is 14.1. The van der Waals surface area contributed by atoms with Gasteiger partial charge in [-0.1, -0.05) is 35.6 Å². The minimum atomic E-state index is -0.788. The van der Waals surface area contributed by atoms with E-state index in [1.54, 1.807) is 51.3 Å². The molecule has 1 atom stereocenters. The molecule has 0 saturated carbocycles. The molecule has 46 heavy (non-hydrogen) atoms. The normalized spacial score (nSPS) is 14.4. The molecule has 0 N–H and O–H groups in total. The average Bonchev–Trinajstić information content (AvgIpc) is 3.33. The number of aromatic nitrogens is 1. The van der Waals surface area contributed by atoms with Crippen LogP contribution in [0.25, 0.3) is 6.08 Å². The SMILES string of the molecule is CCOC(=O)C1=C(C)N=c2s/c(=C/c3ccc(OCc4ccc(C#N)cc4)c(Br)c3)c(=O)n2[C@H]1c1ccc(OC(C)C)c(OC)c1. The summed E-state index contributed by atoms with van der Waals surface area (Å²) in [4.78, 5) is 32.5. The van der Waals surface area contributed by atoms with Crippen molar-refractivity contribution in [3.05, 3.63) is 118 Å². The Hall–Kier alpha value is -4.66. The molecule has 2 heterocycles. The van der Waals surface area contributed by atoms with Gasteiger partial charge < -0.3 is 18.9 Å². The van der Waals surface area contributed by atoms with Crippen molar-refractivity contribution in [3.63, 3.8) is 0 Å². The molecule has 1 aliphatic rings. The van der Waals surface area contributed by atoms with Crippen molar-refractivity contribution >= 4 is 39.3 Å². The van der Waals surface area contributed by atoms with E-state index in [9.17, 15) is 9.59 Å². The fourth-order valence-electron chi connectivity index (χ4n) is 5.02. The summed E-state index contributed by atoms with van der Waals surface area (Å²) in [7, 11) is 1.55. The number of carbonyl (C=O) groups excluding carboxylic acids is 1. The van der Waals surface area contributed by atoms with E-state index in [-0.39, 0.29) is 23.8 Å². The molecule has 3 aromatic carbocycles. The number of carbonyl (C=O) groups is 1. The van der Waals surface area contributed by atoms with E-state index in [1.807, 2.05) is 50.2 Å². The van der Waals surface area contributed by atoms with Gasteiger partial charge in [0.15, 0.2) is 16.3 Å². The highest BCUT2D eigenvalue weighted by atomic mass is 79.9. The summed E-state index contributed by atoms with van der Waals surface area (Å²) in [5.41, 5.74) is 3.43. The van der Waals surface area contributed by atoms with Gasteiger partial charge in [-0.15, -0.1) is 0 Å². The number of ether oxygens (including phenoxy) is 4. The third-order valence-corrected chi connectivity index (χ3v) is 8.72. The number of hydrogen-bond acceptors (Lipinski definition) is 9. The summed E-state index contributed by atoms with van der Waals surface area (Å²) in [6, 6.07) is 19.5. The highest BCUT2D eigenvalue weighted by molar-refractivity contribution is 9.10. The second-order valence-electron chi connectivity index (χ2n) is 10.7. The van der Waals surface area contributed by atoms with Gasteiger partial charge >= 0.3 is 5.97 Å². The molecule has 4 aromatic rings. The van der Waals surface area contributed by atoms with Crippen molar-refractivity contribution in [2.24, 2.45) is 4.99 Å². The van der Waals surface area contributed by atoms with Gasteiger partial charge in [0.05, 0.1) is 57.8 Å². The molecule has 0 aliphatic carbocycles. The van der Waals surface area contributed by atoms with Gasteiger partial charge in [-0.2, -0.15) is 5.26 Å². The smallest absolute Gasteiger partial charge is 0.338 e. The van der Waals surface area contributed by atoms with Crippen molar-refractivity contribution in [1.82, 2.24) is 4.57 Å². The summed E-state index contributed by atoms with van der Waals surface area (Å²) in [6.07, 6.45) is 1.72. The molecule has 1 aromatic heterocycles. The number of halogens is 1. The number of esters is 1. The average molecular weight is 703 g/mol. The monoisotopic (exact) mass is 701 g/mol. The predicted molar refractivity (Wildman–Crippen MR) is 179 cm³/mol. The first kappa shape index (κ1) is 32.7. The van der Waals surface area contributed by atoms with Crippen molar-refractivity contribution in [2.45, 2.75) is 46.4 Å². The van der Waals surface area contributed by atoms with Gasteiger partial charge in [0.1, 0.15) is 12.4 Å². The van der Waals surface area contributed by atoms with Crippen molar-refractivity contribution in [2.75, 3.05) is 13.7 Å². The van der Waals surface area contributed by atoms with Crippen LogP contribution in [-0.4, -0.2) is 30.4 Å². The Kier molecular flexibility index (Phi) is 10.1. The topological polar surface area (TPSA) is 112 Å². The van der Waals surface area contributed by atoms with Crippen LogP contribution in [0.5, 0.6) is 17.2 Å². The summed E-state index contributed by atoms with van der Waals surface area (Å²) in [6.45, 7) is 7.84. The van der Waals surface area contributed by atoms with Gasteiger partial charge in [0.25, 0.3) is 5.56 Å². The number of hydrogen-bond donors (Lipinski definition) is 0. The van der Waals surface area contributed by atoms with Gasteiger partial charge in [0.2, 0.25) is 0 Å². The summed E-state index contributed by atoms with van der Waals surface area (Å²) < 4.78 is 25.6. The second kappa shape index (κ2) is 14.2. The van der Waals surface area contributed by atoms with Crippen LogP contribution < -0.4 is 29.1 Å². The van der Waals surface area contributed by atoms with Gasteiger partial charge in [0, 0.05) is 0 Å². The molecule has 11 heteroatoms. The number of thiazole rings is 1. The zero-order chi connectivity index (χ0) is 33.0. The lowest BCUT2D eigenvalue weighted by Crippen LogP contribution is -2.40. The zero-order valence-electron chi connectivity index (χ0n) is 26.0. The third-order valence-electron chi connectivity index (χ3n) is 7.11. The number of benzene rings is 3. The van der Waals surface area contributed by atoms with E-state index >= 15 is 0 Å². The Morgan fingerprint density at radius 3 is 2.50 bits per heavy atom. The quantitative estimate of drug-likeness (QED) is 0.192. The Bertz CT molecular complexity index is 2040. The largest absolute Gasteiger partial charge is 0.493 e. The van der Waals surface area contributed by atoms with Crippen LogP contribution in [0.1, 0.15) is 56.0 Å². The van der Waals surface area contributed by atoms with E-state index < -0.39 is 12.0 Å². The molecule has 1 aliphatic heterocycles. The van der Waals surface area contributed by atoms with E-state index in [0.29, 0.717) is 50.0 Å². The van der Waals surface area contributed by atoms with Crippen LogP contribution in [0.2, 0.25) is 0 Å². The maximum Gasteiger partial charge on any atom is 0.338 e. The molecule has 0 bridgehead atoms. The van der Waals surface area contributed by atoms with Crippen LogP contribution in [0.4, 0.5) is 0 Å². The number of rotatable bonds is 10. The molecule has 5 rings (SSSR count). The lowest BCUT2D eigenvalue weighted by Gasteiger charge is -2.25. The van der Waals surface area contributed by atoms with Gasteiger partial charge in [-0.25, -0.2) is 9.79 Å². The van der Waals surface area contributed by atoms with Crippen molar-refractivity contribution in [3.8, 4) is 23.3 Å². The fraction of sp³-hybridized carbons (Fsp3) is 0.257. The first-order valence-corrected chi connectivity index (χ1v) is 16.2. The van der Waals surface area contributed by atoms with E-state index in [0.717, 1.165) is 15.6 Å². The first-order chi connectivity index (χ1) is 22.1. The molecular formula is C35H32BrN3O6S. The summed E-state index contributed by atoms with van der Waals surface area (Å²) in [5, 5.41) is 9.01. The molecule has 236 valence electrons. The highest BCUT2D eigenvalue weighted by Crippen LogP contribution is 2.36. The molecule has 0 radical (unpaired) electrons. The number of allylic oxidation sites excluding steroid dienone is 1. The second-order valence-corrected chi connectivity index (χ2v) is 12.5. The number of nitriles is 1. The maximum absolute atomic E-state index is 14.1. The molecule has 0 amide bonds. The number of nitrogens with zero attached hydrogens (tertiary/aromatic N) is 3. The van der Waals surface area contributed by atoms with Crippen LogP contribution in [0.15, 0.2) is 86.2 Å². The van der Waals surface area contributed by atoms with E-state index in [1.165, 1.54) is 15.9 Å². The predicted octanol–water partition coefficient (Wildman–Crippen LogP) is 5.81. The number of methoxy groups -OCH3 is 1. The lowest BCUT2D eigenvalue weighted by molar-refractivity contribution is -0.139. The number of fused-ring (bicyclic) bond motifs is 1.